The normalized spacial score (nSPS) is 32.8. The van der Waals surface area contributed by atoms with Crippen molar-refractivity contribution in [1.29, 1.82) is 0 Å². The lowest BCUT2D eigenvalue weighted by atomic mass is 9.93. The second kappa shape index (κ2) is 4.24. The lowest BCUT2D eigenvalue weighted by molar-refractivity contribution is 0.0572. The summed E-state index contributed by atoms with van der Waals surface area (Å²) in [5, 5.41) is 19.1. The second-order valence-electron chi connectivity index (χ2n) is 4.31. The van der Waals surface area contributed by atoms with E-state index in [1.165, 1.54) is 0 Å². The van der Waals surface area contributed by atoms with Gasteiger partial charge in [0.15, 0.2) is 0 Å². The van der Waals surface area contributed by atoms with Gasteiger partial charge in [-0.25, -0.2) is 0 Å². The van der Waals surface area contributed by atoms with E-state index in [4.69, 9.17) is 0 Å². The van der Waals surface area contributed by atoms with E-state index in [2.05, 4.69) is 0 Å². The van der Waals surface area contributed by atoms with E-state index in [0.717, 1.165) is 25.7 Å². The Morgan fingerprint density at radius 1 is 1.33 bits per heavy atom. The zero-order chi connectivity index (χ0) is 9.14. The van der Waals surface area contributed by atoms with Crippen LogP contribution in [0.15, 0.2) is 0 Å². The average Bonchev–Trinajstić information content (AvgIpc) is 2.36. The zero-order valence-electron chi connectivity index (χ0n) is 8.03. The fraction of sp³-hybridized carbons (Fsp3) is 1.00. The molecular weight excluding hydrogens is 152 g/mol. The molecule has 1 saturated carbocycles. The number of aliphatic hydroxyl groups excluding tert-OH is 2. The molecule has 0 aliphatic heterocycles. The first-order valence-electron chi connectivity index (χ1n) is 4.97. The van der Waals surface area contributed by atoms with Gasteiger partial charge in [-0.05, 0) is 31.1 Å². The van der Waals surface area contributed by atoms with Crippen molar-refractivity contribution in [2.75, 3.05) is 0 Å². The molecule has 1 aliphatic carbocycles. The van der Waals surface area contributed by atoms with E-state index >= 15 is 0 Å². The molecular formula is C10H20O2. The van der Waals surface area contributed by atoms with E-state index in [-0.39, 0.29) is 12.2 Å². The third-order valence-electron chi connectivity index (χ3n) is 2.93. The largest absolute Gasteiger partial charge is 0.393 e. The van der Waals surface area contributed by atoms with Gasteiger partial charge < -0.3 is 10.2 Å². The van der Waals surface area contributed by atoms with Crippen LogP contribution < -0.4 is 0 Å². The first kappa shape index (κ1) is 10.0. The van der Waals surface area contributed by atoms with E-state index in [0.29, 0.717) is 11.8 Å². The van der Waals surface area contributed by atoms with Crippen molar-refractivity contribution in [1.82, 2.24) is 0 Å². The molecule has 2 nitrogen and oxygen atoms in total. The molecule has 3 unspecified atom stereocenters. The van der Waals surface area contributed by atoms with Gasteiger partial charge in [0.05, 0.1) is 12.2 Å². The first-order valence-corrected chi connectivity index (χ1v) is 4.97. The third-order valence-corrected chi connectivity index (χ3v) is 2.93. The van der Waals surface area contributed by atoms with Crippen LogP contribution in [0.2, 0.25) is 0 Å². The molecule has 1 rings (SSSR count). The zero-order valence-corrected chi connectivity index (χ0v) is 8.03. The number of rotatable bonds is 3. The van der Waals surface area contributed by atoms with Gasteiger partial charge in [-0.15, -0.1) is 0 Å². The van der Waals surface area contributed by atoms with Gasteiger partial charge in [0.1, 0.15) is 0 Å². The highest BCUT2D eigenvalue weighted by molar-refractivity contribution is 4.79. The maximum atomic E-state index is 9.59. The Labute approximate surface area is 74.6 Å². The lowest BCUT2D eigenvalue weighted by Gasteiger charge is -2.20. The first-order chi connectivity index (χ1) is 5.61. The highest BCUT2D eigenvalue weighted by Crippen LogP contribution is 2.30. The Bertz CT molecular complexity index is 134. The van der Waals surface area contributed by atoms with Gasteiger partial charge in [0, 0.05) is 0 Å². The lowest BCUT2D eigenvalue weighted by Crippen LogP contribution is -2.23. The SMILES string of the molecule is CC(C)C(O)CC1CCCC1O. The van der Waals surface area contributed by atoms with Crippen LogP contribution in [0.5, 0.6) is 0 Å². The van der Waals surface area contributed by atoms with Gasteiger partial charge in [-0.1, -0.05) is 20.3 Å². The van der Waals surface area contributed by atoms with Gasteiger partial charge >= 0.3 is 0 Å². The van der Waals surface area contributed by atoms with E-state index in [1.54, 1.807) is 0 Å². The smallest absolute Gasteiger partial charge is 0.0569 e. The molecule has 3 atom stereocenters. The van der Waals surface area contributed by atoms with Crippen LogP contribution in [-0.4, -0.2) is 22.4 Å². The molecule has 1 aliphatic rings. The molecule has 12 heavy (non-hydrogen) atoms. The van der Waals surface area contributed by atoms with E-state index in [1.807, 2.05) is 13.8 Å². The van der Waals surface area contributed by atoms with Crippen molar-refractivity contribution < 1.29 is 10.2 Å². The van der Waals surface area contributed by atoms with Gasteiger partial charge in [0.25, 0.3) is 0 Å². The fourth-order valence-electron chi connectivity index (χ4n) is 1.87. The van der Waals surface area contributed by atoms with Crippen LogP contribution in [0.25, 0.3) is 0 Å². The Hall–Kier alpha value is -0.0800. The van der Waals surface area contributed by atoms with Crippen LogP contribution in [-0.2, 0) is 0 Å². The Balaban J connectivity index is 2.30. The summed E-state index contributed by atoms with van der Waals surface area (Å²) >= 11 is 0. The van der Waals surface area contributed by atoms with Crippen LogP contribution in [0.1, 0.15) is 39.5 Å². The summed E-state index contributed by atoms with van der Waals surface area (Å²) in [6, 6.07) is 0. The second-order valence-corrected chi connectivity index (χ2v) is 4.31. The highest BCUT2D eigenvalue weighted by Gasteiger charge is 2.27. The molecule has 0 radical (unpaired) electrons. The molecule has 0 saturated heterocycles. The predicted octanol–water partition coefficient (Wildman–Crippen LogP) is 1.55. The van der Waals surface area contributed by atoms with Crippen molar-refractivity contribution >= 4 is 0 Å². The average molecular weight is 172 g/mol. The summed E-state index contributed by atoms with van der Waals surface area (Å²) in [7, 11) is 0. The summed E-state index contributed by atoms with van der Waals surface area (Å²) in [4.78, 5) is 0. The topological polar surface area (TPSA) is 40.5 Å². The van der Waals surface area contributed by atoms with Crippen molar-refractivity contribution in [2.24, 2.45) is 11.8 Å². The Morgan fingerprint density at radius 3 is 2.42 bits per heavy atom. The molecule has 0 amide bonds. The van der Waals surface area contributed by atoms with Crippen LogP contribution in [0.3, 0.4) is 0 Å². The predicted molar refractivity (Wildman–Crippen MR) is 48.8 cm³/mol. The number of aliphatic hydroxyl groups is 2. The Morgan fingerprint density at radius 2 is 2.00 bits per heavy atom. The molecule has 0 aromatic rings. The molecule has 0 aromatic carbocycles. The summed E-state index contributed by atoms with van der Waals surface area (Å²) in [5.74, 6) is 0.667. The monoisotopic (exact) mass is 172 g/mol. The maximum Gasteiger partial charge on any atom is 0.0569 e. The van der Waals surface area contributed by atoms with Crippen LogP contribution in [0.4, 0.5) is 0 Å². The summed E-state index contributed by atoms with van der Waals surface area (Å²) in [6.45, 7) is 4.04. The molecule has 0 bridgehead atoms. The van der Waals surface area contributed by atoms with Crippen LogP contribution in [0, 0.1) is 11.8 Å². The third kappa shape index (κ3) is 2.46. The fourth-order valence-corrected chi connectivity index (χ4v) is 1.87. The minimum absolute atomic E-state index is 0.154. The molecule has 2 N–H and O–H groups in total. The minimum Gasteiger partial charge on any atom is -0.393 e. The molecule has 2 heteroatoms. The van der Waals surface area contributed by atoms with Crippen molar-refractivity contribution in [3.05, 3.63) is 0 Å². The van der Waals surface area contributed by atoms with Gasteiger partial charge in [-0.3, -0.25) is 0 Å². The quantitative estimate of drug-likeness (QED) is 0.678. The van der Waals surface area contributed by atoms with Crippen molar-refractivity contribution in [2.45, 2.75) is 51.7 Å². The summed E-state index contributed by atoms with van der Waals surface area (Å²) < 4.78 is 0. The van der Waals surface area contributed by atoms with E-state index < -0.39 is 0 Å². The summed E-state index contributed by atoms with van der Waals surface area (Å²) in [5.41, 5.74) is 0. The number of hydrogen-bond acceptors (Lipinski definition) is 2. The number of hydrogen-bond donors (Lipinski definition) is 2. The molecule has 1 fully saturated rings. The van der Waals surface area contributed by atoms with Gasteiger partial charge in [0.2, 0.25) is 0 Å². The standard InChI is InChI=1S/C10H20O2/c1-7(2)10(12)6-8-4-3-5-9(8)11/h7-12H,3-6H2,1-2H3. The van der Waals surface area contributed by atoms with Gasteiger partial charge in [-0.2, -0.15) is 0 Å². The summed E-state index contributed by atoms with van der Waals surface area (Å²) in [6.07, 6.45) is 3.52. The van der Waals surface area contributed by atoms with Crippen molar-refractivity contribution in [3.8, 4) is 0 Å². The molecule has 0 heterocycles. The molecule has 0 aromatic heterocycles. The Kier molecular flexibility index (Phi) is 3.53. The van der Waals surface area contributed by atoms with Crippen molar-refractivity contribution in [3.63, 3.8) is 0 Å². The van der Waals surface area contributed by atoms with Crippen LogP contribution >= 0.6 is 0 Å². The highest BCUT2D eigenvalue weighted by atomic mass is 16.3. The maximum absolute atomic E-state index is 9.59. The minimum atomic E-state index is -0.234. The molecule has 0 spiro atoms. The van der Waals surface area contributed by atoms with E-state index in [9.17, 15) is 10.2 Å². The molecule has 72 valence electrons.